The molecule has 1 saturated heterocycles. The van der Waals surface area contributed by atoms with Gasteiger partial charge in [0.1, 0.15) is 11.3 Å². The molecule has 0 bridgehead atoms. The summed E-state index contributed by atoms with van der Waals surface area (Å²) in [5, 5.41) is 2.38. The molecule has 0 saturated carbocycles. The fourth-order valence-corrected chi connectivity index (χ4v) is 3.05. The van der Waals surface area contributed by atoms with Crippen molar-refractivity contribution in [3.63, 3.8) is 0 Å². The quantitative estimate of drug-likeness (QED) is 0.541. The van der Waals surface area contributed by atoms with E-state index in [0.717, 1.165) is 11.3 Å². The summed E-state index contributed by atoms with van der Waals surface area (Å²) < 4.78 is 5.72. The third-order valence-corrected chi connectivity index (χ3v) is 5.19. The highest BCUT2D eigenvalue weighted by molar-refractivity contribution is 6.46. The first-order valence-electron chi connectivity index (χ1n) is 8.94. The van der Waals surface area contributed by atoms with E-state index in [1.165, 1.54) is 18.2 Å². The van der Waals surface area contributed by atoms with Gasteiger partial charge in [-0.05, 0) is 49.2 Å². The lowest BCUT2D eigenvalue weighted by atomic mass is 10.1. The smallest absolute Gasteiger partial charge is 0.336 e. The van der Waals surface area contributed by atoms with Crippen LogP contribution in [0.2, 0.25) is 10.0 Å². The first-order valence-corrected chi connectivity index (χ1v) is 9.69. The molecule has 8 heteroatoms. The van der Waals surface area contributed by atoms with E-state index in [2.05, 4.69) is 5.32 Å². The number of carbonyl (C=O) groups excluding carboxylic acids is 3. The number of nitrogens with zero attached hydrogens (tertiary/aromatic N) is 1. The fraction of sp³-hybridized carbons (Fsp3) is 0.190. The predicted molar refractivity (Wildman–Crippen MR) is 112 cm³/mol. The van der Waals surface area contributed by atoms with Crippen LogP contribution in [0.25, 0.3) is 6.08 Å². The summed E-state index contributed by atoms with van der Waals surface area (Å²) in [6, 6.07) is 10.6. The molecular formula is C21H18Cl2N2O4. The van der Waals surface area contributed by atoms with Gasteiger partial charge in [0.05, 0.1) is 21.8 Å². The van der Waals surface area contributed by atoms with Crippen molar-refractivity contribution in [1.29, 1.82) is 0 Å². The number of halogens is 2. The van der Waals surface area contributed by atoms with Crippen LogP contribution >= 0.6 is 23.2 Å². The number of hydrogen-bond donors (Lipinski definition) is 1. The molecule has 1 fully saturated rings. The Morgan fingerprint density at radius 2 is 1.79 bits per heavy atom. The van der Waals surface area contributed by atoms with Crippen LogP contribution in [0.15, 0.2) is 48.0 Å². The first-order chi connectivity index (χ1) is 13.8. The van der Waals surface area contributed by atoms with E-state index in [9.17, 15) is 14.4 Å². The van der Waals surface area contributed by atoms with Crippen molar-refractivity contribution in [2.24, 2.45) is 0 Å². The topological polar surface area (TPSA) is 75.7 Å². The third-order valence-electron chi connectivity index (χ3n) is 4.38. The van der Waals surface area contributed by atoms with Crippen LogP contribution in [0.1, 0.15) is 25.8 Å². The van der Waals surface area contributed by atoms with Crippen LogP contribution in [-0.2, 0) is 9.59 Å². The van der Waals surface area contributed by atoms with E-state index >= 15 is 0 Å². The Balaban J connectivity index is 1.92. The Hall–Kier alpha value is -2.83. The normalized spacial score (nSPS) is 16.8. The summed E-state index contributed by atoms with van der Waals surface area (Å²) in [6.45, 7) is 3.99. The van der Waals surface area contributed by atoms with Gasteiger partial charge in [-0.2, -0.15) is 0 Å². The summed E-state index contributed by atoms with van der Waals surface area (Å²) in [7, 11) is 0. The Labute approximate surface area is 178 Å². The van der Waals surface area contributed by atoms with E-state index < -0.39 is 17.8 Å². The maximum Gasteiger partial charge on any atom is 0.336 e. The molecule has 0 aromatic heterocycles. The van der Waals surface area contributed by atoms with Gasteiger partial charge >= 0.3 is 6.03 Å². The molecule has 0 unspecified atom stereocenters. The number of barbiturate groups is 1. The van der Waals surface area contributed by atoms with Crippen molar-refractivity contribution in [2.45, 2.75) is 26.4 Å². The number of rotatable bonds is 5. The lowest BCUT2D eigenvalue weighted by Gasteiger charge is -2.27. The molecule has 3 rings (SSSR count). The number of carbonyl (C=O) groups is 3. The number of urea groups is 1. The highest BCUT2D eigenvalue weighted by Gasteiger charge is 2.37. The second-order valence-corrected chi connectivity index (χ2v) is 7.22. The molecule has 1 aliphatic heterocycles. The number of benzene rings is 2. The van der Waals surface area contributed by atoms with Crippen LogP contribution in [-0.4, -0.2) is 23.9 Å². The van der Waals surface area contributed by atoms with E-state index in [1.807, 2.05) is 13.8 Å². The van der Waals surface area contributed by atoms with Crippen molar-refractivity contribution >= 4 is 52.8 Å². The summed E-state index contributed by atoms with van der Waals surface area (Å²) in [5.74, 6) is -0.888. The summed E-state index contributed by atoms with van der Waals surface area (Å²) >= 11 is 12.1. The Morgan fingerprint density at radius 3 is 2.45 bits per heavy atom. The van der Waals surface area contributed by atoms with Gasteiger partial charge in [0.25, 0.3) is 11.8 Å². The molecule has 1 atom stereocenters. The molecule has 1 N–H and O–H groups in total. The molecule has 2 aromatic carbocycles. The number of nitrogens with one attached hydrogen (secondary N) is 1. The lowest BCUT2D eigenvalue weighted by Crippen LogP contribution is -2.54. The number of amides is 4. The Bertz CT molecular complexity index is 1000. The zero-order valence-corrected chi connectivity index (χ0v) is 17.3. The van der Waals surface area contributed by atoms with Gasteiger partial charge in [0, 0.05) is 0 Å². The fourth-order valence-electron chi connectivity index (χ4n) is 2.67. The van der Waals surface area contributed by atoms with Crippen LogP contribution in [0, 0.1) is 0 Å². The van der Waals surface area contributed by atoms with Gasteiger partial charge in [-0.15, -0.1) is 0 Å². The van der Waals surface area contributed by atoms with Gasteiger partial charge in [-0.3, -0.25) is 14.9 Å². The highest BCUT2D eigenvalue weighted by Crippen LogP contribution is 2.34. The zero-order valence-electron chi connectivity index (χ0n) is 15.7. The van der Waals surface area contributed by atoms with Crippen molar-refractivity contribution in [3.05, 3.63) is 63.6 Å². The second-order valence-electron chi connectivity index (χ2n) is 6.44. The number of imide groups is 2. The van der Waals surface area contributed by atoms with Crippen LogP contribution in [0.4, 0.5) is 10.5 Å². The molecule has 0 spiro atoms. The van der Waals surface area contributed by atoms with Crippen LogP contribution in [0.5, 0.6) is 5.75 Å². The molecule has 2 aromatic rings. The SMILES string of the molecule is CC[C@@H](C)Oc1ccc(/C=C2\C(=O)NC(=O)N(c3cccc(Cl)c3Cl)C2=O)cc1. The van der Waals surface area contributed by atoms with Crippen molar-refractivity contribution in [2.75, 3.05) is 4.90 Å². The number of hydrogen-bond acceptors (Lipinski definition) is 4. The Kier molecular flexibility index (Phi) is 6.25. The monoisotopic (exact) mass is 432 g/mol. The van der Waals surface area contributed by atoms with Crippen LogP contribution < -0.4 is 15.0 Å². The largest absolute Gasteiger partial charge is 0.491 e. The minimum atomic E-state index is -0.890. The molecular weight excluding hydrogens is 415 g/mol. The Morgan fingerprint density at radius 1 is 1.10 bits per heavy atom. The lowest BCUT2D eigenvalue weighted by molar-refractivity contribution is -0.122. The average Bonchev–Trinajstić information content (AvgIpc) is 2.69. The molecule has 0 radical (unpaired) electrons. The van der Waals surface area contributed by atoms with Crippen molar-refractivity contribution < 1.29 is 19.1 Å². The summed E-state index contributed by atoms with van der Waals surface area (Å²) in [4.78, 5) is 38.3. The van der Waals surface area contributed by atoms with Crippen LogP contribution in [0.3, 0.4) is 0 Å². The molecule has 29 heavy (non-hydrogen) atoms. The average molecular weight is 433 g/mol. The highest BCUT2D eigenvalue weighted by atomic mass is 35.5. The number of ether oxygens (including phenoxy) is 1. The van der Waals surface area contributed by atoms with Gasteiger partial charge in [0.2, 0.25) is 0 Å². The van der Waals surface area contributed by atoms with E-state index in [4.69, 9.17) is 27.9 Å². The summed E-state index contributed by atoms with van der Waals surface area (Å²) in [5.41, 5.74) is 0.500. The molecule has 1 heterocycles. The maximum absolute atomic E-state index is 12.9. The molecule has 4 amide bonds. The van der Waals surface area contributed by atoms with Gasteiger partial charge < -0.3 is 4.74 Å². The molecule has 0 aliphatic carbocycles. The van der Waals surface area contributed by atoms with E-state index in [0.29, 0.717) is 11.3 Å². The first kappa shape index (κ1) is 20.9. The minimum absolute atomic E-state index is 0.0397. The maximum atomic E-state index is 12.9. The van der Waals surface area contributed by atoms with Gasteiger partial charge in [0.15, 0.2) is 0 Å². The van der Waals surface area contributed by atoms with Gasteiger partial charge in [-0.1, -0.05) is 48.3 Å². The van der Waals surface area contributed by atoms with Gasteiger partial charge in [-0.25, -0.2) is 9.69 Å². The van der Waals surface area contributed by atoms with E-state index in [1.54, 1.807) is 30.3 Å². The zero-order chi connectivity index (χ0) is 21.1. The second kappa shape index (κ2) is 8.68. The third kappa shape index (κ3) is 4.44. The van der Waals surface area contributed by atoms with E-state index in [-0.39, 0.29) is 27.4 Å². The minimum Gasteiger partial charge on any atom is -0.491 e. The summed E-state index contributed by atoms with van der Waals surface area (Å²) in [6.07, 6.45) is 2.35. The molecule has 6 nitrogen and oxygen atoms in total. The number of anilines is 1. The van der Waals surface area contributed by atoms with Crippen molar-refractivity contribution in [3.8, 4) is 5.75 Å². The standard InChI is InChI=1S/C21H18Cl2N2O4/c1-3-12(2)29-14-9-7-13(8-10-14)11-15-19(26)24-21(28)25(20(15)27)17-6-4-5-16(22)18(17)23/h4-12H,3H2,1-2H3,(H,24,26,28)/b15-11+/t12-/m1/s1. The predicted octanol–water partition coefficient (Wildman–Crippen LogP) is 4.84. The molecule has 150 valence electrons. The molecule has 1 aliphatic rings. The van der Waals surface area contributed by atoms with Crippen molar-refractivity contribution in [1.82, 2.24) is 5.32 Å².